The summed E-state index contributed by atoms with van der Waals surface area (Å²) in [5, 5.41) is 63.0. The highest BCUT2D eigenvalue weighted by atomic mass is 16.5. The van der Waals surface area contributed by atoms with Gasteiger partial charge in [-0.1, -0.05) is 12.2 Å². The maximum atomic E-state index is 12.8. The summed E-state index contributed by atoms with van der Waals surface area (Å²) in [5.41, 5.74) is 5.85. The SMILES string of the molecule is COC1CC([C@H]2C[C@@H](O)C[C@H](CCC3CCC(O)C(OCNC[C@H](C)O)C3)O2)CC(OC[C@H]2[NH2+][C@@H](C)CC[C@@]23[C@@H](C(=O)[O-])C=C[C@@H]3C2CC[NH2+]C(N)C2)C1O. The van der Waals surface area contributed by atoms with Gasteiger partial charge in [-0.25, -0.2) is 0 Å². The minimum Gasteiger partial charge on any atom is -0.549 e. The summed E-state index contributed by atoms with van der Waals surface area (Å²) in [6.45, 7) is 5.86. The van der Waals surface area contributed by atoms with Crippen molar-refractivity contribution in [1.82, 2.24) is 5.32 Å². The van der Waals surface area contributed by atoms with Crippen LogP contribution in [0.25, 0.3) is 0 Å². The highest BCUT2D eigenvalue weighted by Gasteiger charge is 2.59. The van der Waals surface area contributed by atoms with Gasteiger partial charge in [-0.3, -0.25) is 11.1 Å². The summed E-state index contributed by atoms with van der Waals surface area (Å²) in [4.78, 5) is 12.8. The van der Waals surface area contributed by atoms with E-state index >= 15 is 0 Å². The fourth-order valence-corrected chi connectivity index (χ4v) is 11.6. The second-order valence-electron chi connectivity index (χ2n) is 18.4. The van der Waals surface area contributed by atoms with E-state index in [0.29, 0.717) is 63.1 Å². The van der Waals surface area contributed by atoms with Crippen LogP contribution in [0.15, 0.2) is 12.2 Å². The molecule has 14 heteroatoms. The lowest BCUT2D eigenvalue weighted by Gasteiger charge is -2.52. The third-order valence-electron chi connectivity index (χ3n) is 14.5. The number of carboxylic acids is 1. The van der Waals surface area contributed by atoms with Crippen LogP contribution < -0.4 is 26.8 Å². The highest BCUT2D eigenvalue weighted by Crippen LogP contribution is 2.54. The average molecular weight is 782 g/mol. The Morgan fingerprint density at radius 3 is 2.55 bits per heavy atom. The summed E-state index contributed by atoms with van der Waals surface area (Å²) in [6, 6.07) is 0.169. The molecule has 6 rings (SSSR count). The number of piperidine rings is 2. The zero-order valence-electron chi connectivity index (χ0n) is 33.5. The number of aliphatic hydroxyl groups excluding tert-OH is 4. The number of quaternary nitrogens is 2. The van der Waals surface area contributed by atoms with E-state index in [9.17, 15) is 30.3 Å². The van der Waals surface area contributed by atoms with Gasteiger partial charge >= 0.3 is 0 Å². The molecular formula is C41H73N4O10+. The van der Waals surface area contributed by atoms with Crippen molar-refractivity contribution in [3.05, 3.63) is 12.2 Å². The van der Waals surface area contributed by atoms with Gasteiger partial charge in [-0.05, 0) is 108 Å². The molecule has 1 spiro atoms. The van der Waals surface area contributed by atoms with Crippen LogP contribution in [0.3, 0.4) is 0 Å². The lowest BCUT2D eigenvalue weighted by Crippen LogP contribution is -3.01. The molecule has 18 atom stereocenters. The van der Waals surface area contributed by atoms with Crippen molar-refractivity contribution in [2.75, 3.05) is 33.5 Å². The Balaban J connectivity index is 1.08. The standard InChI is InChI=1S/C41H72N4O10/c1-23-10-12-41(30(7-8-31(41)40(50)51)26-11-13-44-38(42)17-26)37(45-23)21-53-36-16-27(15-35(52-3)39(36)49)33-19-28(47)18-29(55-33)6-4-25-5-9-32(48)34(14-25)54-22-43-20-24(2)46/h7-8,23-39,43-49H,4-6,9-22,42H2,1-3H3,(H,50,51)/p+1/t23-,24-,25?,26?,27?,28-,29-,30+,31+,32?,33+,34?,35?,36?,37+,38?,39?,41+/m0/s1. The number of carbonyl (C=O) groups excluding carboxylic acids is 1. The summed E-state index contributed by atoms with van der Waals surface area (Å²) >= 11 is 0. The second-order valence-corrected chi connectivity index (χ2v) is 18.4. The molecule has 55 heavy (non-hydrogen) atoms. The number of carboxylic acid groups (broad SMARTS) is 1. The fraction of sp³-hybridized carbons (Fsp3) is 0.927. The van der Waals surface area contributed by atoms with Crippen molar-refractivity contribution in [2.45, 2.75) is 171 Å². The maximum Gasteiger partial charge on any atom is 0.137 e. The quantitative estimate of drug-likeness (QED) is 0.0525. The number of nitrogens with one attached hydrogen (secondary N) is 1. The van der Waals surface area contributed by atoms with Gasteiger partial charge in [0, 0.05) is 43.8 Å². The molecular weight excluding hydrogens is 708 g/mol. The lowest BCUT2D eigenvalue weighted by atomic mass is 9.57. The first-order valence-corrected chi connectivity index (χ1v) is 21.5. The number of ether oxygens (including phenoxy) is 4. The fourth-order valence-electron chi connectivity index (χ4n) is 11.6. The topological polar surface area (TPSA) is 229 Å². The van der Waals surface area contributed by atoms with E-state index in [2.05, 4.69) is 29.0 Å². The predicted molar refractivity (Wildman–Crippen MR) is 201 cm³/mol. The molecule has 0 aromatic carbocycles. The number of methoxy groups -OCH3 is 1. The van der Waals surface area contributed by atoms with Crippen LogP contribution in [0.2, 0.25) is 0 Å². The summed E-state index contributed by atoms with van der Waals surface area (Å²) in [7, 11) is 1.62. The molecule has 14 nitrogen and oxygen atoms in total. The number of hydrogen-bond donors (Lipinski definition) is 8. The molecule has 0 aromatic heterocycles. The molecule has 3 saturated heterocycles. The zero-order valence-corrected chi connectivity index (χ0v) is 33.5. The molecule has 9 unspecified atom stereocenters. The molecule has 2 saturated carbocycles. The Kier molecular flexibility index (Phi) is 15.5. The van der Waals surface area contributed by atoms with Crippen LogP contribution in [0.4, 0.5) is 0 Å². The van der Waals surface area contributed by atoms with Gasteiger partial charge in [-0.2, -0.15) is 0 Å². The van der Waals surface area contributed by atoms with Crippen LogP contribution in [-0.2, 0) is 23.7 Å². The minimum absolute atomic E-state index is 0.00704. The van der Waals surface area contributed by atoms with Crippen molar-refractivity contribution >= 4 is 5.97 Å². The molecule has 316 valence electrons. The largest absolute Gasteiger partial charge is 0.549 e. The summed E-state index contributed by atoms with van der Waals surface area (Å²) in [5.74, 6) is -1.00. The van der Waals surface area contributed by atoms with E-state index in [1.807, 2.05) is 6.08 Å². The predicted octanol–water partition coefficient (Wildman–Crippen LogP) is -1.77. The number of allylic oxidation sites excluding steroid dienone is 1. The first-order chi connectivity index (χ1) is 26.4. The van der Waals surface area contributed by atoms with E-state index < -0.39 is 53.9 Å². The van der Waals surface area contributed by atoms with Gasteiger partial charge in [-0.15, -0.1) is 0 Å². The van der Waals surface area contributed by atoms with Crippen molar-refractivity contribution in [3.8, 4) is 0 Å². The molecule has 0 radical (unpaired) electrons. The summed E-state index contributed by atoms with van der Waals surface area (Å²) < 4.78 is 25.3. The third kappa shape index (κ3) is 10.5. The Bertz CT molecular complexity index is 1250. The molecule has 11 N–H and O–H groups in total. The maximum absolute atomic E-state index is 12.8. The number of hydrogen-bond acceptors (Lipinski definition) is 12. The van der Waals surface area contributed by atoms with E-state index in [-0.39, 0.29) is 49.1 Å². The Morgan fingerprint density at radius 1 is 1.00 bits per heavy atom. The average Bonchev–Trinajstić information content (AvgIpc) is 3.54. The van der Waals surface area contributed by atoms with E-state index in [1.54, 1.807) is 14.0 Å². The normalized spacial score (nSPS) is 45.8. The number of aliphatic carboxylic acids is 1. The van der Waals surface area contributed by atoms with Crippen LogP contribution in [0.5, 0.6) is 0 Å². The molecule has 3 aliphatic carbocycles. The van der Waals surface area contributed by atoms with Gasteiger partial charge in [0.25, 0.3) is 0 Å². The van der Waals surface area contributed by atoms with Crippen LogP contribution in [0, 0.1) is 35.0 Å². The molecule has 6 aliphatic rings. The number of carbonyl (C=O) groups is 1. The third-order valence-corrected chi connectivity index (χ3v) is 14.5. The van der Waals surface area contributed by atoms with Gasteiger partial charge in [0.15, 0.2) is 0 Å². The van der Waals surface area contributed by atoms with Gasteiger partial charge in [0.2, 0.25) is 0 Å². The molecule has 0 aromatic rings. The zero-order chi connectivity index (χ0) is 39.3. The number of rotatable bonds is 15. The van der Waals surface area contributed by atoms with Crippen LogP contribution in [0.1, 0.15) is 97.3 Å². The van der Waals surface area contributed by atoms with Crippen LogP contribution in [-0.4, -0.2) is 133 Å². The Hall–Kier alpha value is -1.27. The van der Waals surface area contributed by atoms with Crippen molar-refractivity contribution in [3.63, 3.8) is 0 Å². The van der Waals surface area contributed by atoms with Crippen LogP contribution >= 0.6 is 0 Å². The summed E-state index contributed by atoms with van der Waals surface area (Å²) in [6.07, 6.45) is 10.0. The first kappa shape index (κ1) is 43.3. The first-order valence-electron chi connectivity index (χ1n) is 21.5. The molecule has 0 bridgehead atoms. The van der Waals surface area contributed by atoms with E-state index in [4.69, 9.17) is 24.7 Å². The Morgan fingerprint density at radius 2 is 1.80 bits per heavy atom. The van der Waals surface area contributed by atoms with Crippen molar-refractivity contribution in [2.24, 2.45) is 40.7 Å². The second kappa shape index (κ2) is 19.7. The van der Waals surface area contributed by atoms with E-state index in [1.165, 1.54) is 0 Å². The Labute approximate surface area is 327 Å². The smallest absolute Gasteiger partial charge is 0.137 e. The molecule has 0 amide bonds. The highest BCUT2D eigenvalue weighted by molar-refractivity contribution is 5.72. The molecule has 3 heterocycles. The van der Waals surface area contributed by atoms with Gasteiger partial charge in [0.1, 0.15) is 18.3 Å². The number of aliphatic hydroxyl groups is 4. The molecule has 3 aliphatic heterocycles. The number of nitrogens with two attached hydrogens (primary N) is 3. The van der Waals surface area contributed by atoms with E-state index in [0.717, 1.165) is 57.9 Å². The minimum atomic E-state index is -1.03. The monoisotopic (exact) mass is 782 g/mol. The van der Waals surface area contributed by atoms with Gasteiger partial charge in [0.05, 0.1) is 74.8 Å². The molecule has 5 fully saturated rings. The van der Waals surface area contributed by atoms with Gasteiger partial charge < -0.3 is 59.9 Å². The van der Waals surface area contributed by atoms with Crippen molar-refractivity contribution < 1.29 is 59.9 Å². The lowest BCUT2D eigenvalue weighted by molar-refractivity contribution is -0.746. The van der Waals surface area contributed by atoms with Crippen molar-refractivity contribution in [1.29, 1.82) is 0 Å².